The lowest BCUT2D eigenvalue weighted by atomic mass is 9.89. The van der Waals surface area contributed by atoms with E-state index in [1.807, 2.05) is 12.1 Å². The molecule has 104 valence electrons. The van der Waals surface area contributed by atoms with Crippen molar-refractivity contribution in [2.45, 2.75) is 31.8 Å². The molecule has 0 spiro atoms. The van der Waals surface area contributed by atoms with Crippen molar-refractivity contribution in [2.24, 2.45) is 5.92 Å². The van der Waals surface area contributed by atoms with E-state index in [2.05, 4.69) is 5.32 Å². The summed E-state index contributed by atoms with van der Waals surface area (Å²) >= 11 is 6.15. The largest absolute Gasteiger partial charge is 0.493 e. The number of hydrogen-bond acceptors (Lipinski definition) is 3. The van der Waals surface area contributed by atoms with Crippen LogP contribution in [-0.2, 0) is 12.8 Å². The highest BCUT2D eigenvalue weighted by Crippen LogP contribution is 2.34. The number of ether oxygens (including phenoxy) is 1. The van der Waals surface area contributed by atoms with Crippen LogP contribution in [0.4, 0.5) is 0 Å². The monoisotopic (exact) mass is 281 g/mol. The number of aliphatic hydroxyl groups is 1. The molecule has 0 bridgehead atoms. The van der Waals surface area contributed by atoms with Crippen molar-refractivity contribution in [3.8, 4) is 5.75 Å². The fourth-order valence-corrected chi connectivity index (χ4v) is 3.36. The first-order valence-corrected chi connectivity index (χ1v) is 7.44. The Hall–Kier alpha value is -0.770. The second kappa shape index (κ2) is 5.70. The number of benzene rings is 1. The third kappa shape index (κ3) is 2.88. The molecule has 2 aliphatic heterocycles. The van der Waals surface area contributed by atoms with Crippen LogP contribution < -0.4 is 10.1 Å². The number of halogens is 1. The first kappa shape index (κ1) is 13.2. The fourth-order valence-electron chi connectivity index (χ4n) is 3.10. The summed E-state index contributed by atoms with van der Waals surface area (Å²) in [6.45, 7) is 2.70. The van der Waals surface area contributed by atoms with Crippen LogP contribution in [0.2, 0.25) is 5.02 Å². The summed E-state index contributed by atoms with van der Waals surface area (Å²) in [4.78, 5) is 0. The highest BCUT2D eigenvalue weighted by atomic mass is 35.5. The zero-order valence-corrected chi connectivity index (χ0v) is 11.7. The van der Waals surface area contributed by atoms with Crippen molar-refractivity contribution in [3.05, 3.63) is 28.3 Å². The Morgan fingerprint density at radius 1 is 1.47 bits per heavy atom. The van der Waals surface area contributed by atoms with E-state index in [4.69, 9.17) is 16.3 Å². The van der Waals surface area contributed by atoms with Gasteiger partial charge in [-0.15, -0.1) is 0 Å². The van der Waals surface area contributed by atoms with E-state index in [1.54, 1.807) is 0 Å². The zero-order chi connectivity index (χ0) is 13.2. The van der Waals surface area contributed by atoms with Crippen LogP contribution in [0.5, 0.6) is 5.75 Å². The molecule has 3 rings (SSSR count). The minimum absolute atomic E-state index is 0.320. The molecule has 2 heterocycles. The fraction of sp³-hybridized carbons (Fsp3) is 0.600. The zero-order valence-electron chi connectivity index (χ0n) is 11.0. The molecule has 3 nitrogen and oxygen atoms in total. The SMILES string of the molecule is OC(Cc1cc(Cl)cc2c1OCC2)C1CCCNC1. The van der Waals surface area contributed by atoms with Gasteiger partial charge >= 0.3 is 0 Å². The minimum atomic E-state index is -0.320. The van der Waals surface area contributed by atoms with Gasteiger partial charge in [0, 0.05) is 24.4 Å². The van der Waals surface area contributed by atoms with Gasteiger partial charge in [-0.2, -0.15) is 0 Å². The van der Waals surface area contributed by atoms with Gasteiger partial charge in [-0.05, 0) is 48.6 Å². The maximum Gasteiger partial charge on any atom is 0.126 e. The number of rotatable bonds is 3. The predicted octanol–water partition coefficient (Wildman–Crippen LogP) is 2.18. The van der Waals surface area contributed by atoms with Crippen molar-refractivity contribution in [3.63, 3.8) is 0 Å². The lowest BCUT2D eigenvalue weighted by molar-refractivity contribution is 0.0916. The van der Waals surface area contributed by atoms with Crippen molar-refractivity contribution in [1.29, 1.82) is 0 Å². The molecule has 1 aromatic rings. The lowest BCUT2D eigenvalue weighted by Gasteiger charge is -2.27. The number of aliphatic hydroxyl groups excluding tert-OH is 1. The van der Waals surface area contributed by atoms with E-state index in [-0.39, 0.29) is 6.10 Å². The van der Waals surface area contributed by atoms with Gasteiger partial charge in [-0.25, -0.2) is 0 Å². The Balaban J connectivity index is 1.75. The third-order valence-electron chi connectivity index (χ3n) is 4.13. The van der Waals surface area contributed by atoms with Crippen molar-refractivity contribution in [1.82, 2.24) is 5.32 Å². The second-order valence-corrected chi connectivity index (χ2v) is 5.97. The average Bonchev–Trinajstić information content (AvgIpc) is 2.88. The Morgan fingerprint density at radius 2 is 2.37 bits per heavy atom. The van der Waals surface area contributed by atoms with Crippen LogP contribution >= 0.6 is 11.6 Å². The van der Waals surface area contributed by atoms with Crippen LogP contribution in [0.3, 0.4) is 0 Å². The Bertz CT molecular complexity index is 458. The van der Waals surface area contributed by atoms with E-state index >= 15 is 0 Å². The van der Waals surface area contributed by atoms with Gasteiger partial charge in [0.2, 0.25) is 0 Å². The Kier molecular flexibility index (Phi) is 3.96. The molecule has 1 saturated heterocycles. The molecule has 0 amide bonds. The van der Waals surface area contributed by atoms with E-state index in [0.29, 0.717) is 12.3 Å². The smallest absolute Gasteiger partial charge is 0.126 e. The summed E-state index contributed by atoms with van der Waals surface area (Å²) in [5.41, 5.74) is 2.23. The third-order valence-corrected chi connectivity index (χ3v) is 4.35. The van der Waals surface area contributed by atoms with E-state index < -0.39 is 0 Å². The van der Waals surface area contributed by atoms with Crippen molar-refractivity contribution in [2.75, 3.05) is 19.7 Å². The summed E-state index contributed by atoms with van der Waals surface area (Å²) in [5, 5.41) is 14.5. The normalized spacial score (nSPS) is 23.8. The molecule has 2 unspecified atom stereocenters. The maximum atomic E-state index is 10.4. The van der Waals surface area contributed by atoms with Crippen LogP contribution in [0.25, 0.3) is 0 Å². The first-order chi connectivity index (χ1) is 9.24. The average molecular weight is 282 g/mol. The highest BCUT2D eigenvalue weighted by Gasteiger charge is 2.25. The minimum Gasteiger partial charge on any atom is -0.493 e. The molecule has 0 saturated carbocycles. The van der Waals surface area contributed by atoms with E-state index in [0.717, 1.165) is 55.3 Å². The quantitative estimate of drug-likeness (QED) is 0.892. The highest BCUT2D eigenvalue weighted by molar-refractivity contribution is 6.30. The summed E-state index contributed by atoms with van der Waals surface area (Å²) in [7, 11) is 0. The van der Waals surface area contributed by atoms with Gasteiger partial charge < -0.3 is 15.2 Å². The van der Waals surface area contributed by atoms with Crippen LogP contribution in [0.1, 0.15) is 24.0 Å². The predicted molar refractivity (Wildman–Crippen MR) is 76.0 cm³/mol. The molecule has 2 aliphatic rings. The summed E-state index contributed by atoms with van der Waals surface area (Å²) in [5.74, 6) is 1.29. The molecule has 4 heteroatoms. The van der Waals surface area contributed by atoms with Gasteiger partial charge in [-0.3, -0.25) is 0 Å². The topological polar surface area (TPSA) is 41.5 Å². The Morgan fingerprint density at radius 3 is 3.16 bits per heavy atom. The molecule has 0 radical (unpaired) electrons. The molecule has 2 atom stereocenters. The molecule has 0 aromatic heterocycles. The molecule has 1 aromatic carbocycles. The summed E-state index contributed by atoms with van der Waals surface area (Å²) < 4.78 is 5.69. The molecule has 1 fully saturated rings. The van der Waals surface area contributed by atoms with Crippen LogP contribution in [0, 0.1) is 5.92 Å². The van der Waals surface area contributed by atoms with E-state index in [1.165, 1.54) is 5.56 Å². The number of piperidine rings is 1. The van der Waals surface area contributed by atoms with Gasteiger partial charge in [0.25, 0.3) is 0 Å². The molecule has 19 heavy (non-hydrogen) atoms. The van der Waals surface area contributed by atoms with Crippen LogP contribution in [0.15, 0.2) is 12.1 Å². The van der Waals surface area contributed by atoms with Gasteiger partial charge in [0.15, 0.2) is 0 Å². The standard InChI is InChI=1S/C15H20ClNO2/c16-13-6-10-3-5-19-15(10)12(7-13)8-14(18)11-2-1-4-17-9-11/h6-7,11,14,17-18H,1-5,8-9H2. The number of hydrogen-bond donors (Lipinski definition) is 2. The second-order valence-electron chi connectivity index (χ2n) is 5.53. The summed E-state index contributed by atoms with van der Waals surface area (Å²) in [6.07, 6.45) is 3.47. The van der Waals surface area contributed by atoms with Gasteiger partial charge in [0.1, 0.15) is 5.75 Å². The van der Waals surface area contributed by atoms with Gasteiger partial charge in [0.05, 0.1) is 12.7 Å². The molecular weight excluding hydrogens is 262 g/mol. The van der Waals surface area contributed by atoms with Gasteiger partial charge in [-0.1, -0.05) is 11.6 Å². The number of nitrogens with one attached hydrogen (secondary N) is 1. The van der Waals surface area contributed by atoms with Crippen LogP contribution in [-0.4, -0.2) is 30.9 Å². The lowest BCUT2D eigenvalue weighted by Crippen LogP contribution is -2.37. The van der Waals surface area contributed by atoms with E-state index in [9.17, 15) is 5.11 Å². The maximum absolute atomic E-state index is 10.4. The van der Waals surface area contributed by atoms with Crippen molar-refractivity contribution >= 4 is 11.6 Å². The Labute approximate surface area is 118 Å². The molecular formula is C15H20ClNO2. The number of fused-ring (bicyclic) bond motifs is 1. The molecule has 2 N–H and O–H groups in total. The molecule has 0 aliphatic carbocycles. The first-order valence-electron chi connectivity index (χ1n) is 7.07. The summed E-state index contributed by atoms with van der Waals surface area (Å²) in [6, 6.07) is 3.91. The van der Waals surface area contributed by atoms with Crippen molar-refractivity contribution < 1.29 is 9.84 Å².